The third-order valence-corrected chi connectivity index (χ3v) is 3.13. The van der Waals surface area contributed by atoms with Gasteiger partial charge < -0.3 is 5.32 Å². The summed E-state index contributed by atoms with van der Waals surface area (Å²) in [5.74, 6) is -0.481. The molecule has 0 unspecified atom stereocenters. The number of rotatable bonds is 3. The van der Waals surface area contributed by atoms with Crippen LogP contribution in [0.1, 0.15) is 22.8 Å². The van der Waals surface area contributed by atoms with Crippen LogP contribution < -0.4 is 5.32 Å². The summed E-state index contributed by atoms with van der Waals surface area (Å²) in [5, 5.41) is 3.60. The molecule has 1 amide bonds. The molecule has 0 aromatic heterocycles. The number of carbonyl (C=O) groups is 2. The van der Waals surface area contributed by atoms with Crippen molar-refractivity contribution in [2.45, 2.75) is 6.92 Å². The SMILES string of the molecule is CC(=O)Nc1ccc(Cl)cc1C(=O)c1ccc(Cl)cc1. The first-order valence-corrected chi connectivity index (χ1v) is 6.60. The van der Waals surface area contributed by atoms with Crippen molar-refractivity contribution in [1.82, 2.24) is 0 Å². The molecule has 2 aromatic carbocycles. The summed E-state index contributed by atoms with van der Waals surface area (Å²) >= 11 is 11.7. The Morgan fingerprint density at radius 3 is 2.15 bits per heavy atom. The van der Waals surface area contributed by atoms with Gasteiger partial charge in [0, 0.05) is 28.1 Å². The number of ketones is 1. The van der Waals surface area contributed by atoms with Gasteiger partial charge in [-0.3, -0.25) is 9.59 Å². The Bertz CT molecular complexity index is 666. The molecule has 102 valence electrons. The summed E-state index contributed by atoms with van der Waals surface area (Å²) in [6.45, 7) is 1.38. The predicted molar refractivity (Wildman–Crippen MR) is 80.6 cm³/mol. The third-order valence-electron chi connectivity index (χ3n) is 2.64. The monoisotopic (exact) mass is 307 g/mol. The fourth-order valence-corrected chi connectivity index (χ4v) is 2.06. The van der Waals surface area contributed by atoms with E-state index in [-0.39, 0.29) is 11.7 Å². The minimum Gasteiger partial charge on any atom is -0.326 e. The summed E-state index contributed by atoms with van der Waals surface area (Å²) in [5.41, 5.74) is 1.25. The van der Waals surface area contributed by atoms with Gasteiger partial charge in [0.1, 0.15) is 0 Å². The maximum Gasteiger partial charge on any atom is 0.221 e. The van der Waals surface area contributed by atoms with E-state index in [4.69, 9.17) is 23.2 Å². The number of amides is 1. The van der Waals surface area contributed by atoms with Crippen molar-refractivity contribution in [3.63, 3.8) is 0 Å². The molecule has 0 bridgehead atoms. The smallest absolute Gasteiger partial charge is 0.221 e. The summed E-state index contributed by atoms with van der Waals surface area (Å²) in [6, 6.07) is 11.3. The minimum absolute atomic E-state index is 0.229. The molecular formula is C15H11Cl2NO2. The van der Waals surface area contributed by atoms with Gasteiger partial charge in [-0.2, -0.15) is 0 Å². The van der Waals surface area contributed by atoms with E-state index in [1.807, 2.05) is 0 Å². The molecule has 0 radical (unpaired) electrons. The van der Waals surface area contributed by atoms with Crippen LogP contribution in [0.15, 0.2) is 42.5 Å². The zero-order valence-corrected chi connectivity index (χ0v) is 12.1. The molecule has 0 atom stereocenters. The summed E-state index contributed by atoms with van der Waals surface area (Å²) < 4.78 is 0. The largest absolute Gasteiger partial charge is 0.326 e. The van der Waals surface area contributed by atoms with Gasteiger partial charge in [-0.1, -0.05) is 23.2 Å². The lowest BCUT2D eigenvalue weighted by Gasteiger charge is -2.10. The molecular weight excluding hydrogens is 297 g/mol. The minimum atomic E-state index is -0.252. The van der Waals surface area contributed by atoms with Crippen LogP contribution in [0.3, 0.4) is 0 Å². The van der Waals surface area contributed by atoms with Crippen LogP contribution in [0.4, 0.5) is 5.69 Å². The Morgan fingerprint density at radius 2 is 1.55 bits per heavy atom. The Hall–Kier alpha value is -1.84. The topological polar surface area (TPSA) is 46.2 Å². The first kappa shape index (κ1) is 14.6. The second-order valence-electron chi connectivity index (χ2n) is 4.21. The van der Waals surface area contributed by atoms with E-state index in [0.717, 1.165) is 0 Å². The van der Waals surface area contributed by atoms with Crippen molar-refractivity contribution in [1.29, 1.82) is 0 Å². The molecule has 2 aromatic rings. The van der Waals surface area contributed by atoms with Crippen LogP contribution in [0, 0.1) is 0 Å². The molecule has 5 heteroatoms. The first-order chi connectivity index (χ1) is 9.47. The fourth-order valence-electron chi connectivity index (χ4n) is 1.76. The molecule has 2 rings (SSSR count). The Morgan fingerprint density at radius 1 is 0.950 bits per heavy atom. The van der Waals surface area contributed by atoms with Crippen molar-refractivity contribution >= 4 is 40.6 Å². The normalized spacial score (nSPS) is 10.2. The van der Waals surface area contributed by atoms with E-state index < -0.39 is 0 Å². The average Bonchev–Trinajstić information content (AvgIpc) is 2.40. The van der Waals surface area contributed by atoms with Crippen LogP contribution in [0.25, 0.3) is 0 Å². The molecule has 0 saturated heterocycles. The molecule has 0 saturated carbocycles. The standard InChI is InChI=1S/C15H11Cl2NO2/c1-9(19)18-14-7-6-12(17)8-13(14)15(20)10-2-4-11(16)5-3-10/h2-8H,1H3,(H,18,19). The van der Waals surface area contributed by atoms with E-state index >= 15 is 0 Å². The van der Waals surface area contributed by atoms with E-state index in [0.29, 0.717) is 26.9 Å². The van der Waals surface area contributed by atoms with E-state index in [9.17, 15) is 9.59 Å². The molecule has 1 N–H and O–H groups in total. The van der Waals surface area contributed by atoms with Gasteiger partial charge in [-0.25, -0.2) is 0 Å². The van der Waals surface area contributed by atoms with E-state index in [2.05, 4.69) is 5.32 Å². The summed E-state index contributed by atoms with van der Waals surface area (Å²) in [6.07, 6.45) is 0. The summed E-state index contributed by atoms with van der Waals surface area (Å²) in [7, 11) is 0. The molecule has 0 fully saturated rings. The molecule has 3 nitrogen and oxygen atoms in total. The van der Waals surface area contributed by atoms with Crippen molar-refractivity contribution in [2.24, 2.45) is 0 Å². The highest BCUT2D eigenvalue weighted by Crippen LogP contribution is 2.24. The van der Waals surface area contributed by atoms with Crippen molar-refractivity contribution in [3.05, 3.63) is 63.6 Å². The number of halogens is 2. The van der Waals surface area contributed by atoms with Gasteiger partial charge in [0.15, 0.2) is 5.78 Å². The molecule has 0 heterocycles. The number of hydrogen-bond acceptors (Lipinski definition) is 2. The van der Waals surface area contributed by atoms with Crippen molar-refractivity contribution in [2.75, 3.05) is 5.32 Å². The zero-order chi connectivity index (χ0) is 14.7. The Kier molecular flexibility index (Phi) is 4.42. The highest BCUT2D eigenvalue weighted by molar-refractivity contribution is 6.32. The average molecular weight is 308 g/mol. The summed E-state index contributed by atoms with van der Waals surface area (Å²) in [4.78, 5) is 23.6. The molecule has 0 aliphatic carbocycles. The predicted octanol–water partition coefficient (Wildman–Crippen LogP) is 4.18. The lowest BCUT2D eigenvalue weighted by Crippen LogP contribution is -2.11. The number of nitrogens with one attached hydrogen (secondary N) is 1. The number of carbonyl (C=O) groups excluding carboxylic acids is 2. The molecule has 0 aliphatic heterocycles. The van der Waals surface area contributed by atoms with Crippen LogP contribution in [0.2, 0.25) is 10.0 Å². The fraction of sp³-hybridized carbons (Fsp3) is 0.0667. The number of anilines is 1. The van der Waals surface area contributed by atoms with Gasteiger partial charge in [-0.15, -0.1) is 0 Å². The lowest BCUT2D eigenvalue weighted by molar-refractivity contribution is -0.114. The van der Waals surface area contributed by atoms with Crippen molar-refractivity contribution in [3.8, 4) is 0 Å². The van der Waals surface area contributed by atoms with Gasteiger partial charge >= 0.3 is 0 Å². The molecule has 0 aliphatic rings. The Labute approximate surface area is 126 Å². The van der Waals surface area contributed by atoms with Crippen molar-refractivity contribution < 1.29 is 9.59 Å². The highest BCUT2D eigenvalue weighted by atomic mass is 35.5. The van der Waals surface area contributed by atoms with Gasteiger partial charge in [-0.05, 0) is 42.5 Å². The van der Waals surface area contributed by atoms with Gasteiger partial charge in [0.05, 0.1) is 5.69 Å². The maximum atomic E-state index is 12.5. The van der Waals surface area contributed by atoms with E-state index in [1.54, 1.807) is 36.4 Å². The first-order valence-electron chi connectivity index (χ1n) is 5.85. The van der Waals surface area contributed by atoms with Crippen LogP contribution >= 0.6 is 23.2 Å². The number of hydrogen-bond donors (Lipinski definition) is 1. The highest BCUT2D eigenvalue weighted by Gasteiger charge is 2.15. The van der Waals surface area contributed by atoms with Gasteiger partial charge in [0.2, 0.25) is 5.91 Å². The lowest BCUT2D eigenvalue weighted by atomic mass is 10.0. The molecule has 0 spiro atoms. The molecule has 20 heavy (non-hydrogen) atoms. The zero-order valence-electron chi connectivity index (χ0n) is 10.6. The van der Waals surface area contributed by atoms with Crippen LogP contribution in [-0.4, -0.2) is 11.7 Å². The van der Waals surface area contributed by atoms with Crippen LogP contribution in [0.5, 0.6) is 0 Å². The van der Waals surface area contributed by atoms with Crippen LogP contribution in [-0.2, 0) is 4.79 Å². The second-order valence-corrected chi connectivity index (χ2v) is 5.08. The Balaban J connectivity index is 2.44. The quantitative estimate of drug-likeness (QED) is 0.865. The third kappa shape index (κ3) is 3.38. The maximum absolute atomic E-state index is 12.5. The van der Waals surface area contributed by atoms with Gasteiger partial charge in [0.25, 0.3) is 0 Å². The second kappa shape index (κ2) is 6.07. The number of benzene rings is 2. The van der Waals surface area contributed by atoms with E-state index in [1.165, 1.54) is 13.0 Å².